The molecule has 1 rings (SSSR count). The Hall–Kier alpha value is -1.10. The van der Waals surface area contributed by atoms with Gasteiger partial charge < -0.3 is 10.1 Å². The first-order valence-electron chi connectivity index (χ1n) is 5.80. The van der Waals surface area contributed by atoms with E-state index >= 15 is 0 Å². The lowest BCUT2D eigenvalue weighted by atomic mass is 10.2. The van der Waals surface area contributed by atoms with E-state index in [1.165, 1.54) is 19.2 Å². The molecule has 0 fully saturated rings. The first kappa shape index (κ1) is 15.0. The molecule has 5 heteroatoms. The van der Waals surface area contributed by atoms with E-state index in [-0.39, 0.29) is 11.7 Å². The Balaban J connectivity index is 2.49. The van der Waals surface area contributed by atoms with Gasteiger partial charge in [0.1, 0.15) is 0 Å². The van der Waals surface area contributed by atoms with Crippen LogP contribution in [0.15, 0.2) is 18.2 Å². The zero-order chi connectivity index (χ0) is 13.5. The number of amides is 1. The van der Waals surface area contributed by atoms with Gasteiger partial charge in [-0.05, 0) is 31.0 Å². The van der Waals surface area contributed by atoms with E-state index in [1.807, 2.05) is 0 Å². The topological polar surface area (TPSA) is 38.3 Å². The molecule has 0 aliphatic heterocycles. The summed E-state index contributed by atoms with van der Waals surface area (Å²) < 4.78 is 18.2. The second kappa shape index (κ2) is 7.36. The first-order chi connectivity index (χ1) is 8.54. The number of nitrogens with one attached hydrogen (secondary N) is 1. The van der Waals surface area contributed by atoms with Gasteiger partial charge in [-0.2, -0.15) is 0 Å². The minimum atomic E-state index is -0.528. The van der Waals surface area contributed by atoms with Crippen molar-refractivity contribution in [1.29, 1.82) is 0 Å². The number of ether oxygens (including phenoxy) is 1. The summed E-state index contributed by atoms with van der Waals surface area (Å²) in [6.45, 7) is 2.64. The third kappa shape index (κ3) is 4.64. The van der Waals surface area contributed by atoms with Crippen molar-refractivity contribution in [1.82, 2.24) is 5.32 Å². The third-order valence-corrected chi connectivity index (χ3v) is 2.94. The summed E-state index contributed by atoms with van der Waals surface area (Å²) in [4.78, 5) is 12.1. The Labute approximate surface area is 115 Å². The number of hydrogen-bond acceptors (Lipinski definition) is 2. The fraction of sp³-hybridized carbons (Fsp3) is 0.462. The van der Waals surface area contributed by atoms with E-state index in [2.05, 4.69) is 28.2 Å². The number of rotatable bonds is 6. The Morgan fingerprint density at radius 1 is 1.56 bits per heavy atom. The molecule has 1 atom stereocenters. The molecule has 0 aromatic heterocycles. The van der Waals surface area contributed by atoms with Crippen molar-refractivity contribution in [3.05, 3.63) is 29.6 Å². The van der Waals surface area contributed by atoms with E-state index in [4.69, 9.17) is 4.74 Å². The first-order valence-corrected chi connectivity index (χ1v) is 6.72. The highest BCUT2D eigenvalue weighted by Gasteiger charge is 2.09. The van der Waals surface area contributed by atoms with E-state index in [0.29, 0.717) is 16.9 Å². The molecule has 18 heavy (non-hydrogen) atoms. The standard InChI is InChI=1S/C13H17BrFNO2/c1-9(14)4-3-7-16-13(17)10-5-6-12(18-2)11(15)8-10/h5-6,8-9H,3-4,7H2,1-2H3,(H,16,17). The predicted molar refractivity (Wildman–Crippen MR) is 72.9 cm³/mol. The van der Waals surface area contributed by atoms with Gasteiger partial charge in [0, 0.05) is 16.9 Å². The summed E-state index contributed by atoms with van der Waals surface area (Å²) in [5.41, 5.74) is 0.306. The van der Waals surface area contributed by atoms with E-state index < -0.39 is 5.82 Å². The lowest BCUT2D eigenvalue weighted by molar-refractivity contribution is 0.0952. The molecule has 1 N–H and O–H groups in total. The maximum absolute atomic E-state index is 13.4. The highest BCUT2D eigenvalue weighted by molar-refractivity contribution is 9.09. The average Bonchev–Trinajstić information content (AvgIpc) is 2.34. The summed E-state index contributed by atoms with van der Waals surface area (Å²) in [7, 11) is 1.39. The number of carbonyl (C=O) groups excluding carboxylic acids is 1. The minimum absolute atomic E-state index is 0.139. The molecule has 0 heterocycles. The van der Waals surface area contributed by atoms with Crippen LogP contribution in [0.4, 0.5) is 4.39 Å². The Bertz CT molecular complexity index is 410. The Morgan fingerprint density at radius 3 is 2.83 bits per heavy atom. The second-order valence-corrected chi connectivity index (χ2v) is 5.59. The van der Waals surface area contributed by atoms with Crippen molar-refractivity contribution in [3.8, 4) is 5.75 Å². The van der Waals surface area contributed by atoms with Crippen LogP contribution in [0.25, 0.3) is 0 Å². The normalized spacial score (nSPS) is 12.0. The molecule has 0 aliphatic carbocycles. The molecule has 0 aliphatic rings. The van der Waals surface area contributed by atoms with Crippen LogP contribution in [0, 0.1) is 5.82 Å². The van der Waals surface area contributed by atoms with Crippen molar-refractivity contribution >= 4 is 21.8 Å². The summed E-state index contributed by atoms with van der Waals surface area (Å²) in [5.74, 6) is -0.655. The van der Waals surface area contributed by atoms with E-state index in [1.54, 1.807) is 6.07 Å². The Kier molecular flexibility index (Phi) is 6.12. The van der Waals surface area contributed by atoms with E-state index in [0.717, 1.165) is 12.8 Å². The zero-order valence-electron chi connectivity index (χ0n) is 10.5. The molecular weight excluding hydrogens is 301 g/mol. The lowest BCUT2D eigenvalue weighted by Gasteiger charge is -2.07. The van der Waals surface area contributed by atoms with Crippen molar-refractivity contribution in [2.75, 3.05) is 13.7 Å². The van der Waals surface area contributed by atoms with Gasteiger partial charge in [-0.1, -0.05) is 22.9 Å². The summed E-state index contributed by atoms with van der Waals surface area (Å²) >= 11 is 3.44. The molecule has 100 valence electrons. The van der Waals surface area contributed by atoms with Gasteiger partial charge in [0.25, 0.3) is 5.91 Å². The van der Waals surface area contributed by atoms with Gasteiger partial charge in [-0.15, -0.1) is 0 Å². The number of alkyl halides is 1. The third-order valence-electron chi connectivity index (χ3n) is 2.48. The average molecular weight is 318 g/mol. The number of halogens is 2. The SMILES string of the molecule is COc1ccc(C(=O)NCCCC(C)Br)cc1F. The number of methoxy groups -OCH3 is 1. The lowest BCUT2D eigenvalue weighted by Crippen LogP contribution is -2.24. The maximum atomic E-state index is 13.4. The molecule has 1 aromatic rings. The molecule has 1 amide bonds. The molecule has 3 nitrogen and oxygen atoms in total. The van der Waals surface area contributed by atoms with Crippen LogP contribution in [-0.4, -0.2) is 24.4 Å². The smallest absolute Gasteiger partial charge is 0.251 e. The summed E-state index contributed by atoms with van der Waals surface area (Å²) in [5, 5.41) is 2.75. The molecule has 1 unspecified atom stereocenters. The fourth-order valence-corrected chi connectivity index (χ4v) is 1.82. The number of hydrogen-bond donors (Lipinski definition) is 1. The largest absolute Gasteiger partial charge is 0.494 e. The van der Waals surface area contributed by atoms with Crippen LogP contribution in [0.3, 0.4) is 0 Å². The Morgan fingerprint density at radius 2 is 2.28 bits per heavy atom. The fourth-order valence-electron chi connectivity index (χ4n) is 1.49. The van der Waals surface area contributed by atoms with Gasteiger partial charge in [-0.25, -0.2) is 4.39 Å². The van der Waals surface area contributed by atoms with Gasteiger partial charge in [-0.3, -0.25) is 4.79 Å². The minimum Gasteiger partial charge on any atom is -0.494 e. The number of benzene rings is 1. The molecule has 0 saturated heterocycles. The number of carbonyl (C=O) groups is 1. The highest BCUT2D eigenvalue weighted by Crippen LogP contribution is 2.17. The monoisotopic (exact) mass is 317 g/mol. The van der Waals surface area contributed by atoms with Gasteiger partial charge in [0.05, 0.1) is 7.11 Å². The van der Waals surface area contributed by atoms with Crippen LogP contribution in [-0.2, 0) is 0 Å². The molecule has 1 aromatic carbocycles. The zero-order valence-corrected chi connectivity index (χ0v) is 12.1. The molecule has 0 bridgehead atoms. The van der Waals surface area contributed by atoms with E-state index in [9.17, 15) is 9.18 Å². The molecule has 0 spiro atoms. The van der Waals surface area contributed by atoms with Crippen molar-refractivity contribution in [2.45, 2.75) is 24.6 Å². The summed E-state index contributed by atoms with van der Waals surface area (Å²) in [6.07, 6.45) is 1.87. The van der Waals surface area contributed by atoms with Crippen molar-refractivity contribution < 1.29 is 13.9 Å². The summed E-state index contributed by atoms with van der Waals surface area (Å²) in [6, 6.07) is 4.18. The van der Waals surface area contributed by atoms with Gasteiger partial charge in [0.2, 0.25) is 0 Å². The molecular formula is C13H17BrFNO2. The van der Waals surface area contributed by atoms with Gasteiger partial charge >= 0.3 is 0 Å². The van der Waals surface area contributed by atoms with Crippen molar-refractivity contribution in [2.24, 2.45) is 0 Å². The molecule has 0 radical (unpaired) electrons. The van der Waals surface area contributed by atoms with Crippen molar-refractivity contribution in [3.63, 3.8) is 0 Å². The van der Waals surface area contributed by atoms with Crippen LogP contribution >= 0.6 is 15.9 Å². The highest BCUT2D eigenvalue weighted by atomic mass is 79.9. The van der Waals surface area contributed by atoms with Crippen LogP contribution in [0.1, 0.15) is 30.1 Å². The quantitative estimate of drug-likeness (QED) is 0.646. The predicted octanol–water partition coefficient (Wildman–Crippen LogP) is 3.13. The second-order valence-electron chi connectivity index (χ2n) is 4.03. The van der Waals surface area contributed by atoms with Crippen LogP contribution < -0.4 is 10.1 Å². The van der Waals surface area contributed by atoms with Crippen LogP contribution in [0.2, 0.25) is 0 Å². The maximum Gasteiger partial charge on any atom is 0.251 e. The van der Waals surface area contributed by atoms with Gasteiger partial charge in [0.15, 0.2) is 11.6 Å². The molecule has 0 saturated carbocycles. The van der Waals surface area contributed by atoms with Crippen LogP contribution in [0.5, 0.6) is 5.75 Å².